The maximum atomic E-state index is 14.8. The van der Waals surface area contributed by atoms with Crippen LogP contribution in [0.15, 0.2) is 164 Å². The molecule has 8 aromatic carbocycles. The summed E-state index contributed by atoms with van der Waals surface area (Å²) in [5, 5.41) is 33.1. The van der Waals surface area contributed by atoms with Crippen LogP contribution in [-0.2, 0) is 12.4 Å². The van der Waals surface area contributed by atoms with Crippen LogP contribution in [0.1, 0.15) is 27.8 Å². The maximum Gasteiger partial charge on any atom is 0.416 e. The number of benzene rings is 8. The number of nitriles is 3. The molecule has 0 fully saturated rings. The molecule has 0 bridgehead atoms. The molecule has 0 aliphatic heterocycles. The lowest BCUT2D eigenvalue weighted by Crippen LogP contribution is -2.12. The number of aromatic nitrogens is 2. The zero-order chi connectivity index (χ0) is 44.5. The van der Waals surface area contributed by atoms with Gasteiger partial charge in [0, 0.05) is 27.1 Å². The van der Waals surface area contributed by atoms with E-state index in [0.29, 0.717) is 55.4 Å². The van der Waals surface area contributed by atoms with Gasteiger partial charge in [-0.25, -0.2) is 0 Å². The number of fused-ring (bicyclic) bond motifs is 6. The molecular weight excluding hydrogens is 821 g/mol. The van der Waals surface area contributed by atoms with Crippen molar-refractivity contribution in [3.05, 3.63) is 192 Å². The van der Waals surface area contributed by atoms with Crippen molar-refractivity contribution in [3.8, 4) is 63.0 Å². The van der Waals surface area contributed by atoms with Crippen LogP contribution in [0.25, 0.3) is 88.4 Å². The fourth-order valence-electron chi connectivity index (χ4n) is 8.78. The summed E-state index contributed by atoms with van der Waals surface area (Å²) >= 11 is 0. The minimum absolute atomic E-state index is 0.00494. The highest BCUT2D eigenvalue weighted by Gasteiger charge is 2.38. The van der Waals surface area contributed by atoms with Crippen LogP contribution >= 0.6 is 0 Å². The van der Waals surface area contributed by atoms with E-state index < -0.39 is 23.5 Å². The molecule has 0 spiro atoms. The highest BCUT2D eigenvalue weighted by atomic mass is 19.4. The Labute approximate surface area is 360 Å². The Morgan fingerprint density at radius 1 is 0.344 bits per heavy atom. The number of hydrogen-bond donors (Lipinski definition) is 0. The van der Waals surface area contributed by atoms with E-state index in [4.69, 9.17) is 0 Å². The lowest BCUT2D eigenvalue weighted by Gasteiger charge is -2.22. The van der Waals surface area contributed by atoms with E-state index in [1.165, 1.54) is 12.1 Å². The monoisotopic (exact) mass is 847 g/mol. The van der Waals surface area contributed by atoms with E-state index in [1.54, 1.807) is 57.7 Å². The molecule has 306 valence electrons. The highest BCUT2D eigenvalue weighted by Crippen LogP contribution is 2.46. The van der Waals surface area contributed by atoms with Crippen LogP contribution in [0.2, 0.25) is 0 Å². The zero-order valence-corrected chi connectivity index (χ0v) is 33.1. The molecule has 2 aromatic heterocycles. The predicted molar refractivity (Wildman–Crippen MR) is 236 cm³/mol. The quantitative estimate of drug-likeness (QED) is 0.162. The summed E-state index contributed by atoms with van der Waals surface area (Å²) in [4.78, 5) is 0. The molecule has 11 heteroatoms. The topological polar surface area (TPSA) is 81.2 Å². The summed E-state index contributed by atoms with van der Waals surface area (Å²) in [5.41, 5.74) is 2.90. The van der Waals surface area contributed by atoms with Crippen molar-refractivity contribution in [2.24, 2.45) is 0 Å². The smallest absolute Gasteiger partial charge is 0.308 e. The van der Waals surface area contributed by atoms with Crippen LogP contribution in [0.5, 0.6) is 0 Å². The fraction of sp³-hybridized carbons (Fsp3) is 0.0377. The first-order valence-electron chi connectivity index (χ1n) is 19.8. The van der Waals surface area contributed by atoms with Crippen molar-refractivity contribution in [3.63, 3.8) is 0 Å². The minimum atomic E-state index is -5.16. The number of halogens is 6. The van der Waals surface area contributed by atoms with E-state index in [9.17, 15) is 42.1 Å². The average Bonchev–Trinajstić information content (AvgIpc) is 3.82. The molecule has 0 radical (unpaired) electrons. The van der Waals surface area contributed by atoms with Crippen molar-refractivity contribution in [1.82, 2.24) is 9.13 Å². The first-order valence-corrected chi connectivity index (χ1v) is 19.8. The van der Waals surface area contributed by atoms with E-state index >= 15 is 0 Å². The van der Waals surface area contributed by atoms with Crippen molar-refractivity contribution in [1.29, 1.82) is 15.8 Å². The Morgan fingerprint density at radius 3 is 1.17 bits per heavy atom. The summed E-state index contributed by atoms with van der Waals surface area (Å²) < 4.78 is 92.4. The Balaban J connectivity index is 1.40. The molecule has 0 unspecified atom stereocenters. The van der Waals surface area contributed by atoms with Gasteiger partial charge in [-0.05, 0) is 107 Å². The summed E-state index contributed by atoms with van der Waals surface area (Å²) in [6, 6.07) is 50.9. The minimum Gasteiger partial charge on any atom is -0.308 e. The van der Waals surface area contributed by atoms with Crippen LogP contribution < -0.4 is 0 Å². The van der Waals surface area contributed by atoms with Gasteiger partial charge in [-0.2, -0.15) is 42.1 Å². The summed E-state index contributed by atoms with van der Waals surface area (Å²) in [6.45, 7) is 0. The van der Waals surface area contributed by atoms with Crippen LogP contribution in [0, 0.1) is 34.0 Å². The third kappa shape index (κ3) is 6.57. The predicted octanol–water partition coefficient (Wildman–Crippen LogP) is 14.5. The molecule has 0 amide bonds. The third-order valence-corrected chi connectivity index (χ3v) is 11.6. The standard InChI is InChI=1S/C53H27F6N5/c54-52(55,56)39-23-38(24-40(27-39)53(57,58)59)51-49(63-45-13-3-1-11-41(45)43-17-15-36(25-47(43)63)34-9-5-7-31(19-34)28-60)21-33(30-62)22-50(51)64-46-14-4-2-12-42(46)44-18-16-37(26-48(44)64)35-10-6-8-32(20-35)29-61/h1-27H. The molecule has 0 aliphatic carbocycles. The van der Waals surface area contributed by atoms with Gasteiger partial charge in [0.25, 0.3) is 0 Å². The molecule has 0 saturated heterocycles. The van der Waals surface area contributed by atoms with Gasteiger partial charge >= 0.3 is 12.4 Å². The zero-order valence-electron chi connectivity index (χ0n) is 33.1. The Bertz CT molecular complexity index is 3470. The van der Waals surface area contributed by atoms with Gasteiger partial charge in [-0.15, -0.1) is 0 Å². The molecule has 0 aliphatic rings. The number of para-hydroxylation sites is 2. The molecule has 0 atom stereocenters. The van der Waals surface area contributed by atoms with Gasteiger partial charge in [0.05, 0.1) is 79.5 Å². The van der Waals surface area contributed by atoms with Gasteiger partial charge in [-0.3, -0.25) is 0 Å². The second kappa shape index (κ2) is 14.8. The molecule has 2 heterocycles. The first-order chi connectivity index (χ1) is 30.8. The third-order valence-electron chi connectivity index (χ3n) is 11.6. The van der Waals surface area contributed by atoms with E-state index in [0.717, 1.165) is 33.7 Å². The maximum absolute atomic E-state index is 14.8. The van der Waals surface area contributed by atoms with Crippen molar-refractivity contribution in [2.75, 3.05) is 0 Å². The fourth-order valence-corrected chi connectivity index (χ4v) is 8.78. The van der Waals surface area contributed by atoms with Crippen molar-refractivity contribution >= 4 is 43.6 Å². The Kier molecular flexibility index (Phi) is 9.14. The van der Waals surface area contributed by atoms with Gasteiger partial charge < -0.3 is 9.13 Å². The molecule has 0 N–H and O–H groups in total. The lowest BCUT2D eigenvalue weighted by molar-refractivity contribution is -0.143. The number of alkyl halides is 6. The number of hydrogen-bond acceptors (Lipinski definition) is 3. The molecule has 5 nitrogen and oxygen atoms in total. The van der Waals surface area contributed by atoms with Crippen molar-refractivity contribution in [2.45, 2.75) is 12.4 Å². The summed E-state index contributed by atoms with van der Waals surface area (Å²) in [5.74, 6) is 0. The van der Waals surface area contributed by atoms with Gasteiger partial charge in [-0.1, -0.05) is 84.9 Å². The lowest BCUT2D eigenvalue weighted by atomic mass is 9.94. The second-order valence-corrected chi connectivity index (χ2v) is 15.4. The molecule has 10 aromatic rings. The number of nitrogens with zero attached hydrogens (tertiary/aromatic N) is 5. The average molecular weight is 848 g/mol. The highest BCUT2D eigenvalue weighted by molar-refractivity contribution is 6.13. The van der Waals surface area contributed by atoms with E-state index in [-0.39, 0.29) is 34.1 Å². The summed E-state index contributed by atoms with van der Waals surface area (Å²) in [7, 11) is 0. The largest absolute Gasteiger partial charge is 0.416 e. The Morgan fingerprint density at radius 2 is 0.750 bits per heavy atom. The van der Waals surface area contributed by atoms with Crippen LogP contribution in [0.3, 0.4) is 0 Å². The molecule has 0 saturated carbocycles. The Hall–Kier alpha value is -8.59. The van der Waals surface area contributed by atoms with E-state index in [2.05, 4.69) is 18.2 Å². The van der Waals surface area contributed by atoms with Crippen LogP contribution in [-0.4, -0.2) is 9.13 Å². The number of rotatable bonds is 5. The molecule has 64 heavy (non-hydrogen) atoms. The van der Waals surface area contributed by atoms with Crippen molar-refractivity contribution < 1.29 is 26.3 Å². The van der Waals surface area contributed by atoms with Crippen LogP contribution in [0.4, 0.5) is 26.3 Å². The van der Waals surface area contributed by atoms with Gasteiger partial charge in [0.2, 0.25) is 0 Å². The molecular formula is C53H27F6N5. The van der Waals surface area contributed by atoms with Gasteiger partial charge in [0.1, 0.15) is 0 Å². The second-order valence-electron chi connectivity index (χ2n) is 15.4. The van der Waals surface area contributed by atoms with E-state index in [1.807, 2.05) is 84.9 Å². The SMILES string of the molecule is N#Cc1cccc(-c2ccc3c4ccccc4n(-c4cc(C#N)cc(-n5c6ccccc6c6ccc(-c7cccc(C#N)c7)cc65)c4-c4cc(C(F)(F)F)cc(C(F)(F)F)c4)c3c2)c1. The normalized spacial score (nSPS) is 11.9. The summed E-state index contributed by atoms with van der Waals surface area (Å²) in [6.07, 6.45) is -10.3. The first kappa shape index (κ1) is 39.5. The molecule has 10 rings (SSSR count). The van der Waals surface area contributed by atoms with Gasteiger partial charge in [0.15, 0.2) is 0 Å².